The molecule has 0 aliphatic carbocycles. The number of nitrogens with two attached hydrogens (primary N) is 1. The molecular weight excluding hydrogens is 308 g/mol. The minimum absolute atomic E-state index is 0.00502. The van der Waals surface area contributed by atoms with E-state index in [4.69, 9.17) is 10.2 Å². The number of likely N-dealkylation sites (N-methyl/N-ethyl adjacent to an activating group) is 1. The van der Waals surface area contributed by atoms with Crippen molar-refractivity contribution in [1.82, 2.24) is 4.90 Å². The molecule has 0 radical (unpaired) electrons. The van der Waals surface area contributed by atoms with Crippen molar-refractivity contribution in [3.8, 4) is 0 Å². The van der Waals surface area contributed by atoms with Gasteiger partial charge in [-0.25, -0.2) is 0 Å². The highest BCUT2D eigenvalue weighted by molar-refractivity contribution is 9.10. The summed E-state index contributed by atoms with van der Waals surface area (Å²) >= 11 is 3.24. The second-order valence-electron chi connectivity index (χ2n) is 4.33. The van der Waals surface area contributed by atoms with Crippen LogP contribution in [0.5, 0.6) is 0 Å². The number of anilines is 1. The Kier molecular flexibility index (Phi) is 4.27. The number of rotatable bonds is 4. The Morgan fingerprint density at radius 3 is 2.68 bits per heavy atom. The second-order valence-corrected chi connectivity index (χ2v) is 5.11. The number of halogens is 1. The summed E-state index contributed by atoms with van der Waals surface area (Å²) in [6.45, 7) is 0.442. The van der Waals surface area contributed by atoms with Crippen LogP contribution in [-0.4, -0.2) is 17.9 Å². The minimum atomic E-state index is 0.00502. The van der Waals surface area contributed by atoms with Crippen molar-refractivity contribution in [3.63, 3.8) is 0 Å². The fourth-order valence-corrected chi connectivity index (χ4v) is 2.09. The summed E-state index contributed by atoms with van der Waals surface area (Å²) in [4.78, 5) is 13.7. The third-order valence-corrected chi connectivity index (χ3v) is 3.27. The molecular formula is C14H15BrN2O2. The molecule has 0 bridgehead atoms. The highest BCUT2D eigenvalue weighted by Crippen LogP contribution is 2.16. The van der Waals surface area contributed by atoms with Crippen LogP contribution in [0.15, 0.2) is 45.5 Å². The molecule has 1 heterocycles. The van der Waals surface area contributed by atoms with Crippen LogP contribution in [0.25, 0.3) is 0 Å². The predicted molar refractivity (Wildman–Crippen MR) is 77.4 cm³/mol. The van der Waals surface area contributed by atoms with Crippen LogP contribution in [0.3, 0.4) is 0 Å². The maximum absolute atomic E-state index is 12.1. The molecule has 1 aromatic heterocycles. The van der Waals surface area contributed by atoms with E-state index in [0.717, 1.165) is 11.3 Å². The number of furan rings is 1. The van der Waals surface area contributed by atoms with Crippen molar-refractivity contribution < 1.29 is 9.21 Å². The first-order valence-corrected chi connectivity index (χ1v) is 6.67. The molecule has 0 aliphatic heterocycles. The molecule has 0 saturated carbocycles. The van der Waals surface area contributed by atoms with Crippen molar-refractivity contribution in [3.05, 3.63) is 52.4 Å². The van der Waals surface area contributed by atoms with Crippen molar-refractivity contribution in [2.75, 3.05) is 12.8 Å². The number of carbonyl (C=O) groups is 1. The van der Waals surface area contributed by atoms with Gasteiger partial charge >= 0.3 is 0 Å². The third-order valence-electron chi connectivity index (χ3n) is 2.84. The summed E-state index contributed by atoms with van der Waals surface area (Å²) in [6.07, 6.45) is 0.297. The van der Waals surface area contributed by atoms with Gasteiger partial charge in [-0.2, -0.15) is 0 Å². The van der Waals surface area contributed by atoms with E-state index in [1.165, 1.54) is 0 Å². The van der Waals surface area contributed by atoms with Gasteiger partial charge in [-0.05, 0) is 39.7 Å². The van der Waals surface area contributed by atoms with E-state index in [0.29, 0.717) is 23.3 Å². The molecule has 0 atom stereocenters. The smallest absolute Gasteiger partial charge is 0.227 e. The van der Waals surface area contributed by atoms with Crippen molar-refractivity contribution in [2.45, 2.75) is 13.0 Å². The summed E-state index contributed by atoms with van der Waals surface area (Å²) in [5.41, 5.74) is 7.32. The third kappa shape index (κ3) is 3.61. The van der Waals surface area contributed by atoms with Gasteiger partial charge in [-0.3, -0.25) is 4.79 Å². The fourth-order valence-electron chi connectivity index (χ4n) is 1.75. The normalized spacial score (nSPS) is 10.4. The molecule has 0 unspecified atom stereocenters. The lowest BCUT2D eigenvalue weighted by Crippen LogP contribution is -2.27. The maximum atomic E-state index is 12.1. The first-order chi connectivity index (χ1) is 9.06. The number of para-hydroxylation sites is 1. The van der Waals surface area contributed by atoms with Gasteiger partial charge in [0.1, 0.15) is 5.76 Å². The Morgan fingerprint density at radius 1 is 1.32 bits per heavy atom. The van der Waals surface area contributed by atoms with Gasteiger partial charge in [-0.1, -0.05) is 18.2 Å². The van der Waals surface area contributed by atoms with Crippen LogP contribution in [-0.2, 0) is 17.8 Å². The largest absolute Gasteiger partial charge is 0.452 e. The van der Waals surface area contributed by atoms with E-state index in [1.807, 2.05) is 30.3 Å². The first-order valence-electron chi connectivity index (χ1n) is 5.88. The molecule has 0 spiro atoms. The van der Waals surface area contributed by atoms with E-state index in [-0.39, 0.29) is 5.91 Å². The van der Waals surface area contributed by atoms with Crippen LogP contribution >= 0.6 is 15.9 Å². The van der Waals surface area contributed by atoms with Crippen molar-refractivity contribution in [1.29, 1.82) is 0 Å². The zero-order chi connectivity index (χ0) is 13.8. The molecule has 100 valence electrons. The van der Waals surface area contributed by atoms with Gasteiger partial charge in [0.15, 0.2) is 4.67 Å². The predicted octanol–water partition coefficient (Wildman–Crippen LogP) is 2.83. The number of nitrogen functional groups attached to an aromatic ring is 1. The van der Waals surface area contributed by atoms with Gasteiger partial charge in [-0.15, -0.1) is 0 Å². The van der Waals surface area contributed by atoms with Gasteiger partial charge in [0.2, 0.25) is 5.91 Å². The highest BCUT2D eigenvalue weighted by Gasteiger charge is 2.13. The quantitative estimate of drug-likeness (QED) is 0.880. The lowest BCUT2D eigenvalue weighted by Gasteiger charge is -2.16. The fraction of sp³-hybridized carbons (Fsp3) is 0.214. The minimum Gasteiger partial charge on any atom is -0.452 e. The average Bonchev–Trinajstić information content (AvgIpc) is 2.77. The molecule has 2 N–H and O–H groups in total. The SMILES string of the molecule is CN(Cc1ccc(Br)o1)C(=O)Cc1ccccc1N. The van der Waals surface area contributed by atoms with Crippen LogP contribution in [0.2, 0.25) is 0 Å². The molecule has 0 saturated heterocycles. The summed E-state index contributed by atoms with van der Waals surface area (Å²) < 4.78 is 6.04. The monoisotopic (exact) mass is 322 g/mol. The molecule has 19 heavy (non-hydrogen) atoms. The molecule has 2 aromatic rings. The Labute approximate surface area is 120 Å². The van der Waals surface area contributed by atoms with Crippen LogP contribution in [0.4, 0.5) is 5.69 Å². The lowest BCUT2D eigenvalue weighted by molar-refractivity contribution is -0.129. The summed E-state index contributed by atoms with van der Waals surface area (Å²) in [6, 6.07) is 11.0. The topological polar surface area (TPSA) is 59.5 Å². The van der Waals surface area contributed by atoms with E-state index in [2.05, 4.69) is 15.9 Å². The molecule has 5 heteroatoms. The van der Waals surface area contributed by atoms with Crippen LogP contribution in [0.1, 0.15) is 11.3 Å². The standard InChI is InChI=1S/C14H15BrN2O2/c1-17(9-11-6-7-13(15)19-11)14(18)8-10-4-2-3-5-12(10)16/h2-7H,8-9,16H2,1H3. The number of hydrogen-bond donors (Lipinski definition) is 1. The Balaban J connectivity index is 1.98. The zero-order valence-corrected chi connectivity index (χ0v) is 12.2. The Bertz CT molecular complexity index is 580. The van der Waals surface area contributed by atoms with E-state index in [1.54, 1.807) is 18.0 Å². The zero-order valence-electron chi connectivity index (χ0n) is 10.6. The van der Waals surface area contributed by atoms with E-state index < -0.39 is 0 Å². The van der Waals surface area contributed by atoms with Crippen LogP contribution in [0, 0.1) is 0 Å². The number of nitrogens with zero attached hydrogens (tertiary/aromatic N) is 1. The van der Waals surface area contributed by atoms with E-state index >= 15 is 0 Å². The number of carbonyl (C=O) groups excluding carboxylic acids is 1. The molecule has 2 rings (SSSR count). The average molecular weight is 323 g/mol. The molecule has 1 aromatic carbocycles. The maximum Gasteiger partial charge on any atom is 0.227 e. The first kappa shape index (κ1) is 13.7. The summed E-state index contributed by atoms with van der Waals surface area (Å²) in [5, 5.41) is 0. The van der Waals surface area contributed by atoms with Crippen molar-refractivity contribution in [2.24, 2.45) is 0 Å². The summed E-state index contributed by atoms with van der Waals surface area (Å²) in [7, 11) is 1.75. The number of benzene rings is 1. The van der Waals surface area contributed by atoms with Gasteiger partial charge < -0.3 is 15.1 Å². The Morgan fingerprint density at radius 2 is 2.05 bits per heavy atom. The van der Waals surface area contributed by atoms with Gasteiger partial charge in [0, 0.05) is 12.7 Å². The highest BCUT2D eigenvalue weighted by atomic mass is 79.9. The molecule has 1 amide bonds. The summed E-state index contributed by atoms with van der Waals surface area (Å²) in [5.74, 6) is 0.745. The second kappa shape index (κ2) is 5.93. The van der Waals surface area contributed by atoms with E-state index in [9.17, 15) is 4.79 Å². The van der Waals surface area contributed by atoms with Crippen LogP contribution < -0.4 is 5.73 Å². The molecule has 0 aliphatic rings. The lowest BCUT2D eigenvalue weighted by atomic mass is 10.1. The number of hydrogen-bond acceptors (Lipinski definition) is 3. The van der Waals surface area contributed by atoms with Gasteiger partial charge in [0.05, 0.1) is 13.0 Å². The molecule has 4 nitrogen and oxygen atoms in total. The number of amides is 1. The molecule has 0 fully saturated rings. The van der Waals surface area contributed by atoms with Gasteiger partial charge in [0.25, 0.3) is 0 Å². The van der Waals surface area contributed by atoms with Crippen molar-refractivity contribution >= 4 is 27.5 Å². The Hall–Kier alpha value is -1.75.